The highest BCUT2D eigenvalue weighted by Crippen LogP contribution is 2.40. The number of aromatic nitrogens is 4. The Kier molecular flexibility index (Phi) is 3.96. The topological polar surface area (TPSA) is 69.9 Å². The second-order valence-corrected chi connectivity index (χ2v) is 9.72. The number of furan rings is 1. The maximum Gasteiger partial charge on any atom is 0.307 e. The van der Waals surface area contributed by atoms with E-state index >= 15 is 0 Å². The van der Waals surface area contributed by atoms with Crippen molar-refractivity contribution in [3.8, 4) is 17.4 Å². The molecule has 0 aliphatic heterocycles. The van der Waals surface area contributed by atoms with E-state index in [1.165, 1.54) is 0 Å². The van der Waals surface area contributed by atoms with Gasteiger partial charge in [0, 0.05) is 33.3 Å². The van der Waals surface area contributed by atoms with Crippen LogP contribution < -0.4 is 0 Å². The number of para-hydroxylation sites is 3. The molecule has 0 N–H and O–H groups in total. The van der Waals surface area contributed by atoms with E-state index in [2.05, 4.69) is 45.9 Å². The van der Waals surface area contributed by atoms with Crippen molar-refractivity contribution in [2.24, 2.45) is 0 Å². The van der Waals surface area contributed by atoms with Crippen LogP contribution in [0.15, 0.2) is 118 Å². The van der Waals surface area contributed by atoms with Gasteiger partial charge in [-0.05, 0) is 48.5 Å². The van der Waals surface area contributed by atoms with E-state index in [9.17, 15) is 0 Å². The smallest absolute Gasteiger partial charge is 0.307 e. The van der Waals surface area contributed by atoms with Crippen LogP contribution in [0.4, 0.5) is 0 Å². The third-order valence-corrected chi connectivity index (χ3v) is 7.49. The standard InChI is InChI=1S/C33H18N4O2/c1-4-10-24-20(7-1)18-34-32(35-24)19-13-16-29-25(17-19)36-33(39-29)37-26-11-5-2-9-23(26)30-27(37)15-14-22-21-8-3-6-12-28(21)38-31(22)30/h1-18H. The molecule has 0 radical (unpaired) electrons. The Morgan fingerprint density at radius 3 is 2.41 bits per heavy atom. The first kappa shape index (κ1) is 20.6. The maximum absolute atomic E-state index is 6.40. The van der Waals surface area contributed by atoms with Gasteiger partial charge in [0.1, 0.15) is 16.7 Å². The first-order valence-corrected chi connectivity index (χ1v) is 12.8. The molecule has 9 aromatic rings. The van der Waals surface area contributed by atoms with Crippen LogP contribution in [-0.4, -0.2) is 19.5 Å². The molecule has 5 aromatic carbocycles. The fourth-order valence-electron chi connectivity index (χ4n) is 5.70. The highest BCUT2D eigenvalue weighted by Gasteiger charge is 2.21. The number of nitrogens with zero attached hydrogens (tertiary/aromatic N) is 4. The van der Waals surface area contributed by atoms with Gasteiger partial charge in [0.25, 0.3) is 0 Å². The Balaban J connectivity index is 1.27. The summed E-state index contributed by atoms with van der Waals surface area (Å²) in [6.45, 7) is 0. The van der Waals surface area contributed by atoms with Gasteiger partial charge in [-0.15, -0.1) is 0 Å². The summed E-state index contributed by atoms with van der Waals surface area (Å²) in [5.74, 6) is 0.657. The van der Waals surface area contributed by atoms with Gasteiger partial charge in [-0.2, -0.15) is 4.98 Å². The van der Waals surface area contributed by atoms with E-state index in [0.717, 1.165) is 65.7 Å². The van der Waals surface area contributed by atoms with Gasteiger partial charge in [-0.25, -0.2) is 9.97 Å². The molecular formula is C33H18N4O2. The van der Waals surface area contributed by atoms with E-state index in [1.54, 1.807) is 0 Å². The number of oxazole rings is 1. The second-order valence-electron chi connectivity index (χ2n) is 9.72. The fraction of sp³-hybridized carbons (Fsp3) is 0. The number of benzene rings is 5. The van der Waals surface area contributed by atoms with Crippen LogP contribution in [0, 0.1) is 0 Å². The molecule has 0 aliphatic carbocycles. The zero-order chi connectivity index (χ0) is 25.5. The molecule has 0 unspecified atom stereocenters. The van der Waals surface area contributed by atoms with Crippen LogP contribution in [0.2, 0.25) is 0 Å². The lowest BCUT2D eigenvalue weighted by Gasteiger charge is -2.01. The summed E-state index contributed by atoms with van der Waals surface area (Å²) >= 11 is 0. The predicted molar refractivity (Wildman–Crippen MR) is 154 cm³/mol. The molecule has 0 fully saturated rings. The molecule has 6 heteroatoms. The fourth-order valence-corrected chi connectivity index (χ4v) is 5.70. The van der Waals surface area contributed by atoms with Gasteiger partial charge < -0.3 is 8.83 Å². The summed E-state index contributed by atoms with van der Waals surface area (Å²) < 4.78 is 14.8. The van der Waals surface area contributed by atoms with Crippen molar-refractivity contribution >= 4 is 65.7 Å². The zero-order valence-electron chi connectivity index (χ0n) is 20.5. The molecule has 182 valence electrons. The molecule has 0 bridgehead atoms. The summed E-state index contributed by atoms with van der Waals surface area (Å²) in [6, 6.07) is 35.1. The van der Waals surface area contributed by atoms with Crippen LogP contribution in [0.5, 0.6) is 0 Å². The molecule has 9 rings (SSSR count). The summed E-state index contributed by atoms with van der Waals surface area (Å²) in [5.41, 5.74) is 6.97. The third kappa shape index (κ3) is 2.88. The van der Waals surface area contributed by atoms with Crippen LogP contribution >= 0.6 is 0 Å². The highest BCUT2D eigenvalue weighted by molar-refractivity contribution is 6.23. The normalized spacial score (nSPS) is 12.1. The quantitative estimate of drug-likeness (QED) is 0.237. The molecule has 0 saturated carbocycles. The molecule has 6 nitrogen and oxygen atoms in total. The van der Waals surface area contributed by atoms with E-state index in [0.29, 0.717) is 17.4 Å². The van der Waals surface area contributed by atoms with Gasteiger partial charge in [0.15, 0.2) is 11.4 Å². The summed E-state index contributed by atoms with van der Waals surface area (Å²) in [4.78, 5) is 14.3. The van der Waals surface area contributed by atoms with E-state index < -0.39 is 0 Å². The van der Waals surface area contributed by atoms with Crippen LogP contribution in [0.25, 0.3) is 83.1 Å². The van der Waals surface area contributed by atoms with Crippen molar-refractivity contribution in [2.75, 3.05) is 0 Å². The Bertz CT molecular complexity index is 2410. The summed E-state index contributed by atoms with van der Waals surface area (Å²) in [6.07, 6.45) is 1.85. The largest absolute Gasteiger partial charge is 0.455 e. The van der Waals surface area contributed by atoms with E-state index in [-0.39, 0.29) is 0 Å². The lowest BCUT2D eigenvalue weighted by molar-refractivity contribution is 0.574. The van der Waals surface area contributed by atoms with Crippen molar-refractivity contribution in [3.63, 3.8) is 0 Å². The molecule has 0 spiro atoms. The highest BCUT2D eigenvalue weighted by atomic mass is 16.4. The molecule has 0 atom stereocenters. The maximum atomic E-state index is 6.40. The second kappa shape index (κ2) is 7.52. The van der Waals surface area contributed by atoms with Gasteiger partial charge >= 0.3 is 6.01 Å². The lowest BCUT2D eigenvalue weighted by atomic mass is 10.1. The average molecular weight is 503 g/mol. The van der Waals surface area contributed by atoms with Crippen molar-refractivity contribution in [1.29, 1.82) is 0 Å². The minimum absolute atomic E-state index is 0.503. The Morgan fingerprint density at radius 1 is 0.590 bits per heavy atom. The van der Waals surface area contributed by atoms with Crippen LogP contribution in [0.3, 0.4) is 0 Å². The molecule has 4 aromatic heterocycles. The van der Waals surface area contributed by atoms with Gasteiger partial charge in [-0.3, -0.25) is 4.57 Å². The molecular weight excluding hydrogens is 484 g/mol. The van der Waals surface area contributed by atoms with Crippen LogP contribution in [-0.2, 0) is 0 Å². The van der Waals surface area contributed by atoms with Crippen molar-refractivity contribution in [3.05, 3.63) is 109 Å². The van der Waals surface area contributed by atoms with Gasteiger partial charge in [-0.1, -0.05) is 54.6 Å². The first-order chi connectivity index (χ1) is 19.3. The molecule has 4 heterocycles. The Morgan fingerprint density at radius 2 is 1.44 bits per heavy atom. The SMILES string of the molecule is c1ccc2nc(-c3ccc4oc(-n5c6ccccc6c6c7oc8ccccc8c7ccc65)nc4c3)ncc2c1. The Labute approximate surface area is 220 Å². The minimum Gasteiger partial charge on any atom is -0.455 e. The predicted octanol–water partition coefficient (Wildman–Crippen LogP) is 8.43. The van der Waals surface area contributed by atoms with E-state index in [4.69, 9.17) is 18.8 Å². The van der Waals surface area contributed by atoms with Crippen molar-refractivity contribution in [1.82, 2.24) is 19.5 Å². The Hall–Kier alpha value is -5.49. The van der Waals surface area contributed by atoms with Gasteiger partial charge in [0.2, 0.25) is 0 Å². The monoisotopic (exact) mass is 502 g/mol. The van der Waals surface area contributed by atoms with E-state index in [1.807, 2.05) is 72.9 Å². The molecule has 0 amide bonds. The zero-order valence-corrected chi connectivity index (χ0v) is 20.5. The van der Waals surface area contributed by atoms with Crippen molar-refractivity contribution < 1.29 is 8.83 Å². The molecule has 0 saturated heterocycles. The molecule has 0 aliphatic rings. The average Bonchev–Trinajstić information content (AvgIpc) is 3.67. The summed E-state index contributed by atoms with van der Waals surface area (Å²) in [5, 5.41) is 5.35. The minimum atomic E-state index is 0.503. The lowest BCUT2D eigenvalue weighted by Crippen LogP contribution is -1.93. The van der Waals surface area contributed by atoms with Gasteiger partial charge in [0.05, 0.1) is 21.9 Å². The number of fused-ring (bicyclic) bond motifs is 9. The summed E-state index contributed by atoms with van der Waals surface area (Å²) in [7, 11) is 0. The molecule has 39 heavy (non-hydrogen) atoms. The third-order valence-electron chi connectivity index (χ3n) is 7.49. The number of hydrogen-bond donors (Lipinski definition) is 0. The number of hydrogen-bond acceptors (Lipinski definition) is 5. The van der Waals surface area contributed by atoms with Crippen molar-refractivity contribution in [2.45, 2.75) is 0 Å². The van der Waals surface area contributed by atoms with Crippen LogP contribution in [0.1, 0.15) is 0 Å². The first-order valence-electron chi connectivity index (χ1n) is 12.8. The number of rotatable bonds is 2.